The second-order valence-electron chi connectivity index (χ2n) is 4.34. The predicted molar refractivity (Wildman–Crippen MR) is 76.9 cm³/mol. The Morgan fingerprint density at radius 1 is 1.05 bits per heavy atom. The smallest absolute Gasteiger partial charge is 0.255 e. The molecule has 20 heavy (non-hydrogen) atoms. The Morgan fingerprint density at radius 2 is 1.65 bits per heavy atom. The highest BCUT2D eigenvalue weighted by Crippen LogP contribution is 2.15. The second-order valence-corrected chi connectivity index (χ2v) is 5.90. The lowest BCUT2D eigenvalue weighted by molar-refractivity contribution is 0.102. The molecule has 0 heterocycles. The van der Waals surface area contributed by atoms with Crippen molar-refractivity contribution in [2.75, 3.05) is 5.32 Å². The number of carbonyl (C=O) groups excluding carboxylic acids is 1. The second kappa shape index (κ2) is 5.44. The maximum Gasteiger partial charge on any atom is 0.255 e. The molecule has 0 unspecified atom stereocenters. The summed E-state index contributed by atoms with van der Waals surface area (Å²) in [4.78, 5) is 12.0. The Bertz CT molecular complexity index is 737. The van der Waals surface area contributed by atoms with Gasteiger partial charge in [-0.2, -0.15) is 0 Å². The van der Waals surface area contributed by atoms with Crippen LogP contribution in [-0.4, -0.2) is 14.3 Å². The molecule has 1 amide bonds. The van der Waals surface area contributed by atoms with Crippen molar-refractivity contribution in [3.63, 3.8) is 0 Å². The van der Waals surface area contributed by atoms with Crippen LogP contribution in [0.25, 0.3) is 0 Å². The summed E-state index contributed by atoms with van der Waals surface area (Å²) in [6, 6.07) is 12.9. The molecule has 0 radical (unpaired) electrons. The maximum absolute atomic E-state index is 12.0. The normalized spacial score (nSPS) is 11.1. The average Bonchev–Trinajstić information content (AvgIpc) is 2.40. The Kier molecular flexibility index (Phi) is 3.87. The highest BCUT2D eigenvalue weighted by molar-refractivity contribution is 7.89. The fourth-order valence-electron chi connectivity index (χ4n) is 1.70. The topological polar surface area (TPSA) is 89.3 Å². The van der Waals surface area contributed by atoms with Crippen LogP contribution in [0.15, 0.2) is 53.4 Å². The van der Waals surface area contributed by atoms with E-state index in [0.29, 0.717) is 11.3 Å². The molecule has 0 saturated heterocycles. The summed E-state index contributed by atoms with van der Waals surface area (Å²) < 4.78 is 22.3. The molecule has 2 aromatic rings. The van der Waals surface area contributed by atoms with Gasteiger partial charge in [-0.15, -0.1) is 0 Å². The van der Waals surface area contributed by atoms with Gasteiger partial charge in [0.15, 0.2) is 0 Å². The molecule has 104 valence electrons. The van der Waals surface area contributed by atoms with E-state index in [9.17, 15) is 13.2 Å². The van der Waals surface area contributed by atoms with Gasteiger partial charge in [0.2, 0.25) is 10.0 Å². The van der Waals surface area contributed by atoms with Gasteiger partial charge in [0.1, 0.15) is 0 Å². The lowest BCUT2D eigenvalue weighted by Gasteiger charge is -2.08. The Balaban J connectivity index is 2.20. The van der Waals surface area contributed by atoms with Crippen LogP contribution < -0.4 is 10.5 Å². The molecule has 0 aliphatic heterocycles. The Hall–Kier alpha value is -2.18. The van der Waals surface area contributed by atoms with Crippen molar-refractivity contribution in [1.82, 2.24) is 0 Å². The van der Waals surface area contributed by atoms with Crippen molar-refractivity contribution in [1.29, 1.82) is 0 Å². The van der Waals surface area contributed by atoms with Crippen LogP contribution in [0.3, 0.4) is 0 Å². The Labute approximate surface area is 117 Å². The van der Waals surface area contributed by atoms with Crippen LogP contribution in [0.4, 0.5) is 5.69 Å². The van der Waals surface area contributed by atoms with E-state index in [-0.39, 0.29) is 10.8 Å². The number of primary sulfonamides is 1. The highest BCUT2D eigenvalue weighted by Gasteiger charge is 2.11. The summed E-state index contributed by atoms with van der Waals surface area (Å²) in [7, 11) is -3.74. The number of nitrogens with two attached hydrogens (primary N) is 1. The van der Waals surface area contributed by atoms with Crippen LogP contribution in [0.1, 0.15) is 15.9 Å². The number of hydrogen-bond acceptors (Lipinski definition) is 3. The SMILES string of the molecule is Cc1ccccc1NC(=O)c1ccc(S(N)(=O)=O)cc1. The number of anilines is 1. The van der Waals surface area contributed by atoms with Gasteiger partial charge >= 0.3 is 0 Å². The van der Waals surface area contributed by atoms with Crippen molar-refractivity contribution in [3.8, 4) is 0 Å². The number of nitrogens with one attached hydrogen (secondary N) is 1. The summed E-state index contributed by atoms with van der Waals surface area (Å²) in [5, 5.41) is 7.76. The van der Waals surface area contributed by atoms with Crippen molar-refractivity contribution in [2.24, 2.45) is 5.14 Å². The van der Waals surface area contributed by atoms with E-state index in [1.165, 1.54) is 24.3 Å². The average molecular weight is 290 g/mol. The molecule has 0 spiro atoms. The Morgan fingerprint density at radius 3 is 2.20 bits per heavy atom. The van der Waals surface area contributed by atoms with Gasteiger partial charge in [-0.05, 0) is 42.8 Å². The zero-order valence-electron chi connectivity index (χ0n) is 10.8. The summed E-state index contributed by atoms with van der Waals surface area (Å²) in [5.41, 5.74) is 2.02. The molecule has 3 N–H and O–H groups in total. The number of para-hydroxylation sites is 1. The molecule has 0 bridgehead atoms. The van der Waals surface area contributed by atoms with Gasteiger partial charge in [0.05, 0.1) is 4.90 Å². The highest BCUT2D eigenvalue weighted by atomic mass is 32.2. The minimum Gasteiger partial charge on any atom is -0.322 e. The number of carbonyl (C=O) groups is 1. The minimum absolute atomic E-state index is 0.0232. The third kappa shape index (κ3) is 3.23. The van der Waals surface area contributed by atoms with Gasteiger partial charge in [0, 0.05) is 11.3 Å². The molecule has 0 aliphatic rings. The largest absolute Gasteiger partial charge is 0.322 e. The number of rotatable bonds is 3. The van der Waals surface area contributed by atoms with E-state index < -0.39 is 10.0 Å². The third-order valence-corrected chi connectivity index (χ3v) is 3.77. The monoisotopic (exact) mass is 290 g/mol. The first-order valence-corrected chi connectivity index (χ1v) is 7.42. The van der Waals surface area contributed by atoms with Crippen molar-refractivity contribution in [3.05, 3.63) is 59.7 Å². The molecule has 6 heteroatoms. The van der Waals surface area contributed by atoms with Gasteiger partial charge in [0.25, 0.3) is 5.91 Å². The first-order chi connectivity index (χ1) is 9.38. The van der Waals surface area contributed by atoms with Crippen LogP contribution in [0, 0.1) is 6.92 Å². The van der Waals surface area contributed by atoms with E-state index in [2.05, 4.69) is 5.32 Å². The molecule has 5 nitrogen and oxygen atoms in total. The fourth-order valence-corrected chi connectivity index (χ4v) is 2.22. The molecule has 0 aliphatic carbocycles. The van der Waals surface area contributed by atoms with Crippen LogP contribution >= 0.6 is 0 Å². The third-order valence-electron chi connectivity index (χ3n) is 2.84. The minimum atomic E-state index is -3.74. The van der Waals surface area contributed by atoms with Crippen molar-refractivity contribution < 1.29 is 13.2 Å². The number of benzene rings is 2. The van der Waals surface area contributed by atoms with Crippen LogP contribution in [0.2, 0.25) is 0 Å². The molecule has 2 rings (SSSR count). The molecule has 0 atom stereocenters. The number of sulfonamides is 1. The maximum atomic E-state index is 12.0. The zero-order valence-corrected chi connectivity index (χ0v) is 11.6. The number of aryl methyl sites for hydroxylation is 1. The summed E-state index contributed by atoms with van der Waals surface area (Å²) >= 11 is 0. The first kappa shape index (κ1) is 14.2. The van der Waals surface area contributed by atoms with Crippen LogP contribution in [0.5, 0.6) is 0 Å². The molecular weight excluding hydrogens is 276 g/mol. The summed E-state index contributed by atoms with van der Waals surface area (Å²) in [6.07, 6.45) is 0. The van der Waals surface area contributed by atoms with Gasteiger partial charge in [-0.3, -0.25) is 4.79 Å². The molecule has 0 fully saturated rings. The summed E-state index contributed by atoms with van der Waals surface area (Å²) in [5.74, 6) is -0.305. The van der Waals surface area contributed by atoms with E-state index in [4.69, 9.17) is 5.14 Å². The predicted octanol–water partition coefficient (Wildman–Crippen LogP) is 1.89. The van der Waals surface area contributed by atoms with E-state index >= 15 is 0 Å². The zero-order chi connectivity index (χ0) is 14.8. The fraction of sp³-hybridized carbons (Fsp3) is 0.0714. The molecule has 0 aromatic heterocycles. The van der Waals surface area contributed by atoms with Crippen molar-refractivity contribution >= 4 is 21.6 Å². The van der Waals surface area contributed by atoms with E-state index in [1.807, 2.05) is 25.1 Å². The molecular formula is C14H14N2O3S. The lowest BCUT2D eigenvalue weighted by Crippen LogP contribution is -2.14. The standard InChI is InChI=1S/C14H14N2O3S/c1-10-4-2-3-5-13(10)16-14(17)11-6-8-12(9-7-11)20(15,18)19/h2-9H,1H3,(H,16,17)(H2,15,18,19). The van der Waals surface area contributed by atoms with E-state index in [0.717, 1.165) is 5.56 Å². The molecule has 0 saturated carbocycles. The van der Waals surface area contributed by atoms with Crippen molar-refractivity contribution in [2.45, 2.75) is 11.8 Å². The molecule has 2 aromatic carbocycles. The van der Waals surface area contributed by atoms with Crippen LogP contribution in [-0.2, 0) is 10.0 Å². The number of amides is 1. The first-order valence-electron chi connectivity index (χ1n) is 5.88. The van der Waals surface area contributed by atoms with E-state index in [1.54, 1.807) is 6.07 Å². The van der Waals surface area contributed by atoms with Gasteiger partial charge < -0.3 is 5.32 Å². The lowest BCUT2D eigenvalue weighted by atomic mass is 10.1. The van der Waals surface area contributed by atoms with Gasteiger partial charge in [-0.25, -0.2) is 13.6 Å². The quantitative estimate of drug-likeness (QED) is 0.904. The summed E-state index contributed by atoms with van der Waals surface area (Å²) in [6.45, 7) is 1.89. The van der Waals surface area contributed by atoms with Gasteiger partial charge in [-0.1, -0.05) is 18.2 Å². The number of hydrogen-bond donors (Lipinski definition) is 2.